The largest absolute Gasteiger partial charge is 0.397 e. The van der Waals surface area contributed by atoms with E-state index in [0.717, 1.165) is 23.8 Å². The molecule has 2 aromatic heterocycles. The van der Waals surface area contributed by atoms with E-state index in [4.69, 9.17) is 16.2 Å². The van der Waals surface area contributed by atoms with Gasteiger partial charge in [-0.2, -0.15) is 0 Å². The van der Waals surface area contributed by atoms with Gasteiger partial charge in [-0.3, -0.25) is 9.78 Å². The predicted octanol–water partition coefficient (Wildman–Crippen LogP) is 3.88. The average molecular weight is 527 g/mol. The highest BCUT2D eigenvalue weighted by Gasteiger charge is 2.34. The van der Waals surface area contributed by atoms with Crippen LogP contribution in [0.2, 0.25) is 0 Å². The lowest BCUT2D eigenvalue weighted by atomic mass is 9.74. The van der Waals surface area contributed by atoms with Crippen molar-refractivity contribution in [1.29, 1.82) is 0 Å². The van der Waals surface area contributed by atoms with Gasteiger partial charge in [-0.25, -0.2) is 18.2 Å². The molecular formula is C28H29F3N4O3. The number of anilines is 1. The molecule has 0 spiro atoms. The van der Waals surface area contributed by atoms with Crippen LogP contribution in [-0.2, 0) is 11.2 Å². The highest BCUT2D eigenvalue weighted by atomic mass is 19.1. The van der Waals surface area contributed by atoms with Gasteiger partial charge in [-0.1, -0.05) is 6.92 Å². The highest BCUT2D eigenvalue weighted by molar-refractivity contribution is 6.00. The number of nitrogens with two attached hydrogens (primary N) is 2. The van der Waals surface area contributed by atoms with Crippen molar-refractivity contribution in [2.24, 2.45) is 11.7 Å². The quantitative estimate of drug-likeness (QED) is 0.417. The van der Waals surface area contributed by atoms with Crippen LogP contribution in [0, 0.1) is 23.4 Å². The van der Waals surface area contributed by atoms with Crippen LogP contribution in [0.15, 0.2) is 36.7 Å². The van der Waals surface area contributed by atoms with E-state index < -0.39 is 46.6 Å². The fraction of sp³-hybridized carbons (Fsp3) is 0.393. The first-order chi connectivity index (χ1) is 18.1. The molecule has 5 N–H and O–H groups in total. The second kappa shape index (κ2) is 10.4. The molecule has 2 fully saturated rings. The molecule has 200 valence electrons. The summed E-state index contributed by atoms with van der Waals surface area (Å²) in [6, 6.07) is 4.55. The number of hydrogen-bond acceptors (Lipinski definition) is 7. The number of ketones is 1. The minimum atomic E-state index is -1.04. The van der Waals surface area contributed by atoms with Gasteiger partial charge >= 0.3 is 0 Å². The lowest BCUT2D eigenvalue weighted by Gasteiger charge is -2.36. The second-order valence-electron chi connectivity index (χ2n) is 10.3. The Bertz CT molecular complexity index is 1350. The minimum Gasteiger partial charge on any atom is -0.397 e. The van der Waals surface area contributed by atoms with Gasteiger partial charge in [0.15, 0.2) is 11.6 Å². The van der Waals surface area contributed by atoms with Gasteiger partial charge in [-0.05, 0) is 59.6 Å². The number of ether oxygens (including phenoxy) is 1. The van der Waals surface area contributed by atoms with Crippen LogP contribution < -0.4 is 11.5 Å². The van der Waals surface area contributed by atoms with E-state index in [-0.39, 0.29) is 35.6 Å². The van der Waals surface area contributed by atoms with Crippen molar-refractivity contribution in [1.82, 2.24) is 9.97 Å². The van der Waals surface area contributed by atoms with Crippen molar-refractivity contribution in [3.8, 4) is 11.3 Å². The summed E-state index contributed by atoms with van der Waals surface area (Å²) in [7, 11) is 0. The number of hydrogen-bond donors (Lipinski definition) is 3. The van der Waals surface area contributed by atoms with Crippen molar-refractivity contribution >= 4 is 11.5 Å². The van der Waals surface area contributed by atoms with Gasteiger partial charge in [0.25, 0.3) is 0 Å². The Balaban J connectivity index is 1.46. The summed E-state index contributed by atoms with van der Waals surface area (Å²) in [6.07, 6.45) is 3.66. The first-order valence-electron chi connectivity index (χ1n) is 12.6. The van der Waals surface area contributed by atoms with Crippen LogP contribution in [0.5, 0.6) is 0 Å². The summed E-state index contributed by atoms with van der Waals surface area (Å²) >= 11 is 0. The number of pyridine rings is 2. The number of halogens is 3. The van der Waals surface area contributed by atoms with Gasteiger partial charge in [-0.15, -0.1) is 0 Å². The predicted molar refractivity (Wildman–Crippen MR) is 135 cm³/mol. The zero-order valence-electron chi connectivity index (χ0n) is 20.8. The van der Waals surface area contributed by atoms with Gasteiger partial charge in [0, 0.05) is 36.8 Å². The zero-order valence-corrected chi connectivity index (χ0v) is 20.8. The number of rotatable bonds is 6. The van der Waals surface area contributed by atoms with Gasteiger partial charge in [0.2, 0.25) is 0 Å². The monoisotopic (exact) mass is 526 g/mol. The van der Waals surface area contributed by atoms with Crippen molar-refractivity contribution in [2.45, 2.75) is 50.2 Å². The molecule has 4 atom stereocenters. The molecule has 1 aliphatic heterocycles. The normalized spacial score (nSPS) is 23.7. The number of aromatic nitrogens is 2. The standard InChI is InChI=1S/C28H29F3N4O3/c1-13-4-15(7-23(33)28(13)37)18-2-3-34-10-16(18)8-24(36)27-22(32)9-21(31)26(35-27)25-19(29)5-14(6-20(25)30)17-11-38-12-17/h2-3,5-6,9-10,13,15,17,23,28,37H,4,7-8,11-12,32-33H2,1H3/t13-,15+,23+,28+/m0/s1. The number of nitrogen functional groups attached to an aromatic ring is 1. The molecule has 5 rings (SSSR count). The molecule has 38 heavy (non-hydrogen) atoms. The fourth-order valence-electron chi connectivity index (χ4n) is 5.45. The van der Waals surface area contributed by atoms with Crippen LogP contribution in [0.25, 0.3) is 11.3 Å². The van der Waals surface area contributed by atoms with E-state index >= 15 is 0 Å². The Morgan fingerprint density at radius 2 is 1.82 bits per heavy atom. The van der Waals surface area contributed by atoms with Crippen LogP contribution in [0.1, 0.15) is 58.8 Å². The lowest BCUT2D eigenvalue weighted by molar-refractivity contribution is 0.00822. The summed E-state index contributed by atoms with van der Waals surface area (Å²) in [5, 5.41) is 10.2. The molecule has 0 radical (unpaired) electrons. The Morgan fingerprint density at radius 1 is 1.11 bits per heavy atom. The molecule has 0 amide bonds. The number of aliphatic hydroxyl groups is 1. The van der Waals surface area contributed by atoms with Crippen molar-refractivity contribution < 1.29 is 27.8 Å². The van der Waals surface area contributed by atoms with E-state index in [0.29, 0.717) is 37.2 Å². The maximum absolute atomic E-state index is 15.0. The molecule has 3 aromatic rings. The average Bonchev–Trinajstić information content (AvgIpc) is 2.82. The van der Waals surface area contributed by atoms with Gasteiger partial charge in [0.1, 0.15) is 23.0 Å². The third-order valence-electron chi connectivity index (χ3n) is 7.65. The topological polar surface area (TPSA) is 124 Å². The Labute approximate surface area is 218 Å². The Kier molecular flexibility index (Phi) is 7.21. The number of aliphatic hydroxyl groups excluding tert-OH is 1. The van der Waals surface area contributed by atoms with Crippen LogP contribution >= 0.6 is 0 Å². The Morgan fingerprint density at radius 3 is 2.45 bits per heavy atom. The smallest absolute Gasteiger partial charge is 0.187 e. The molecule has 10 heteroatoms. The van der Waals surface area contributed by atoms with E-state index in [1.54, 1.807) is 12.4 Å². The summed E-state index contributed by atoms with van der Waals surface area (Å²) in [6.45, 7) is 2.64. The van der Waals surface area contributed by atoms with E-state index in [2.05, 4.69) is 9.97 Å². The molecule has 1 aromatic carbocycles. The molecule has 1 aliphatic carbocycles. The molecular weight excluding hydrogens is 497 g/mol. The van der Waals surface area contributed by atoms with Gasteiger partial charge in [0.05, 0.1) is 30.6 Å². The third kappa shape index (κ3) is 4.91. The minimum absolute atomic E-state index is 0.00561. The molecule has 7 nitrogen and oxygen atoms in total. The number of Topliss-reactive ketones (excluding diaryl/α,β-unsaturated/α-hetero) is 1. The Hall–Kier alpha value is -3.34. The van der Waals surface area contributed by atoms with Crippen molar-refractivity contribution in [3.63, 3.8) is 0 Å². The molecule has 0 bridgehead atoms. The van der Waals surface area contributed by atoms with Crippen molar-refractivity contribution in [2.75, 3.05) is 18.9 Å². The zero-order chi connectivity index (χ0) is 27.1. The van der Waals surface area contributed by atoms with Gasteiger partial charge < -0.3 is 21.3 Å². The molecule has 2 aliphatic rings. The number of carbonyl (C=O) groups is 1. The SMILES string of the molecule is C[C@H]1C[C@@H](c2ccncc2CC(=O)c2nc(-c3c(F)cc(C4COC4)cc3F)c(F)cc2N)C[C@@H](N)[C@@H]1O. The lowest BCUT2D eigenvalue weighted by Crippen LogP contribution is -2.44. The number of nitrogens with zero attached hydrogens (tertiary/aromatic N) is 2. The number of benzene rings is 1. The molecule has 1 saturated heterocycles. The highest BCUT2D eigenvalue weighted by Crippen LogP contribution is 2.38. The molecule has 3 heterocycles. The van der Waals surface area contributed by atoms with E-state index in [1.165, 1.54) is 0 Å². The summed E-state index contributed by atoms with van der Waals surface area (Å²) < 4.78 is 49.9. The first-order valence-corrected chi connectivity index (χ1v) is 12.6. The second-order valence-corrected chi connectivity index (χ2v) is 10.3. The first kappa shape index (κ1) is 26.3. The van der Waals surface area contributed by atoms with Crippen molar-refractivity contribution in [3.05, 3.63) is 76.5 Å². The summed E-state index contributed by atoms with van der Waals surface area (Å²) in [5.74, 6) is -3.70. The summed E-state index contributed by atoms with van der Waals surface area (Å²) in [5.41, 5.74) is 12.2. The maximum Gasteiger partial charge on any atom is 0.187 e. The van der Waals surface area contributed by atoms with E-state index in [1.807, 2.05) is 13.0 Å². The number of carbonyl (C=O) groups excluding carboxylic acids is 1. The van der Waals surface area contributed by atoms with Crippen LogP contribution in [0.4, 0.5) is 18.9 Å². The third-order valence-corrected chi connectivity index (χ3v) is 7.65. The maximum atomic E-state index is 15.0. The molecule has 1 saturated carbocycles. The summed E-state index contributed by atoms with van der Waals surface area (Å²) in [4.78, 5) is 21.5. The van der Waals surface area contributed by atoms with Crippen LogP contribution in [0.3, 0.4) is 0 Å². The fourth-order valence-corrected chi connectivity index (χ4v) is 5.45. The van der Waals surface area contributed by atoms with Crippen LogP contribution in [-0.4, -0.2) is 46.2 Å². The van der Waals surface area contributed by atoms with E-state index in [9.17, 15) is 23.1 Å². The molecule has 0 unspecified atom stereocenters.